The number of hydrogen-bond acceptors (Lipinski definition) is 3. The second kappa shape index (κ2) is 12.6. The van der Waals surface area contributed by atoms with E-state index in [0.717, 1.165) is 31.7 Å². The summed E-state index contributed by atoms with van der Waals surface area (Å²) in [5, 5.41) is 6.46. The summed E-state index contributed by atoms with van der Waals surface area (Å²) in [4.78, 5) is 14.7. The molecule has 0 atom stereocenters. The van der Waals surface area contributed by atoms with Crippen LogP contribution in [0.15, 0.2) is 24.3 Å². The average Bonchev–Trinajstić information content (AvgIpc) is 2.62. The highest BCUT2D eigenvalue weighted by Crippen LogP contribution is 2.19. The van der Waals surface area contributed by atoms with Gasteiger partial charge < -0.3 is 10.6 Å². The highest BCUT2D eigenvalue weighted by molar-refractivity contribution is 5.90. The van der Waals surface area contributed by atoms with Crippen molar-refractivity contribution in [1.29, 1.82) is 0 Å². The Labute approximate surface area is 170 Å². The van der Waals surface area contributed by atoms with Crippen molar-refractivity contribution >= 4 is 36.4 Å². The first-order chi connectivity index (χ1) is 11.8. The normalized spacial score (nSPS) is 18.5. The molecule has 2 saturated heterocycles. The minimum Gasteiger partial charge on any atom is -0.326 e. The van der Waals surface area contributed by atoms with E-state index in [4.69, 9.17) is 0 Å². The van der Waals surface area contributed by atoms with E-state index in [-0.39, 0.29) is 30.7 Å². The third-order valence-electron chi connectivity index (χ3n) is 5.30. The molecule has 0 bridgehead atoms. The maximum atomic E-state index is 12.2. The molecule has 6 heteroatoms. The Morgan fingerprint density at radius 3 is 2.58 bits per heavy atom. The van der Waals surface area contributed by atoms with E-state index < -0.39 is 0 Å². The van der Waals surface area contributed by atoms with Gasteiger partial charge in [0.2, 0.25) is 5.91 Å². The van der Waals surface area contributed by atoms with Crippen LogP contribution in [0.25, 0.3) is 0 Å². The zero-order valence-electron chi connectivity index (χ0n) is 15.5. The minimum atomic E-state index is 0. The number of halogens is 2. The van der Waals surface area contributed by atoms with E-state index in [2.05, 4.69) is 33.7 Å². The van der Waals surface area contributed by atoms with Crippen molar-refractivity contribution in [3.05, 3.63) is 29.8 Å². The molecule has 1 aromatic rings. The number of anilines is 1. The van der Waals surface area contributed by atoms with Crippen molar-refractivity contribution in [1.82, 2.24) is 10.2 Å². The molecule has 26 heavy (non-hydrogen) atoms. The van der Waals surface area contributed by atoms with E-state index in [9.17, 15) is 4.79 Å². The number of carbonyl (C=O) groups is 1. The van der Waals surface area contributed by atoms with Crippen molar-refractivity contribution in [2.75, 3.05) is 31.5 Å². The quantitative estimate of drug-likeness (QED) is 0.748. The summed E-state index contributed by atoms with van der Waals surface area (Å²) in [5.41, 5.74) is 2.24. The Morgan fingerprint density at radius 1 is 1.12 bits per heavy atom. The summed E-state index contributed by atoms with van der Waals surface area (Å²) in [5.74, 6) is 0.867. The zero-order chi connectivity index (χ0) is 16.6. The molecule has 2 N–H and O–H groups in total. The van der Waals surface area contributed by atoms with Gasteiger partial charge in [0.05, 0.1) is 0 Å². The summed E-state index contributed by atoms with van der Waals surface area (Å²) in [6, 6.07) is 8.36. The van der Waals surface area contributed by atoms with Crippen molar-refractivity contribution in [3.63, 3.8) is 0 Å². The molecule has 1 amide bonds. The van der Waals surface area contributed by atoms with Crippen LogP contribution in [0.2, 0.25) is 0 Å². The Morgan fingerprint density at radius 2 is 1.85 bits per heavy atom. The molecule has 0 aromatic heterocycles. The van der Waals surface area contributed by atoms with Gasteiger partial charge in [-0.15, -0.1) is 24.8 Å². The van der Waals surface area contributed by atoms with E-state index in [0.29, 0.717) is 12.3 Å². The summed E-state index contributed by atoms with van der Waals surface area (Å²) in [7, 11) is 0. The maximum absolute atomic E-state index is 12.2. The number of carbonyl (C=O) groups excluding carboxylic acids is 1. The first kappa shape index (κ1) is 23.2. The summed E-state index contributed by atoms with van der Waals surface area (Å²) < 4.78 is 0. The van der Waals surface area contributed by atoms with E-state index in [1.54, 1.807) is 0 Å². The van der Waals surface area contributed by atoms with Crippen molar-refractivity contribution < 1.29 is 4.79 Å². The monoisotopic (exact) mass is 401 g/mol. The van der Waals surface area contributed by atoms with Gasteiger partial charge in [0, 0.05) is 18.7 Å². The van der Waals surface area contributed by atoms with Gasteiger partial charge in [0.15, 0.2) is 0 Å². The lowest BCUT2D eigenvalue weighted by Gasteiger charge is -2.26. The van der Waals surface area contributed by atoms with Gasteiger partial charge >= 0.3 is 0 Å². The number of piperidine rings is 2. The number of nitrogens with zero attached hydrogens (tertiary/aromatic N) is 1. The Kier molecular flexibility index (Phi) is 11.2. The average molecular weight is 402 g/mol. The van der Waals surface area contributed by atoms with Gasteiger partial charge in [-0.3, -0.25) is 9.69 Å². The second-order valence-corrected chi connectivity index (χ2v) is 7.32. The lowest BCUT2D eigenvalue weighted by atomic mass is 9.93. The Bertz CT molecular complexity index is 530. The maximum Gasteiger partial charge on any atom is 0.224 e. The van der Waals surface area contributed by atoms with Crippen LogP contribution < -0.4 is 10.6 Å². The van der Waals surface area contributed by atoms with Crippen molar-refractivity contribution in [3.8, 4) is 0 Å². The molecule has 2 fully saturated rings. The first-order valence-electron chi connectivity index (χ1n) is 9.61. The fourth-order valence-electron chi connectivity index (χ4n) is 3.85. The molecular weight excluding hydrogens is 369 g/mol. The lowest BCUT2D eigenvalue weighted by molar-refractivity contribution is -0.116. The largest absolute Gasteiger partial charge is 0.326 e. The molecule has 0 aliphatic carbocycles. The van der Waals surface area contributed by atoms with Gasteiger partial charge in [0.1, 0.15) is 0 Å². The van der Waals surface area contributed by atoms with E-state index >= 15 is 0 Å². The number of amides is 1. The molecule has 0 unspecified atom stereocenters. The number of benzene rings is 1. The minimum absolute atomic E-state index is 0. The molecule has 0 spiro atoms. The van der Waals surface area contributed by atoms with Crippen molar-refractivity contribution in [2.24, 2.45) is 5.92 Å². The highest BCUT2D eigenvalue weighted by atomic mass is 35.5. The molecule has 148 valence electrons. The first-order valence-corrected chi connectivity index (χ1v) is 9.61. The van der Waals surface area contributed by atoms with Crippen LogP contribution in [0.5, 0.6) is 0 Å². The van der Waals surface area contributed by atoms with Gasteiger partial charge in [-0.1, -0.05) is 18.6 Å². The second-order valence-electron chi connectivity index (χ2n) is 7.32. The van der Waals surface area contributed by atoms with Crippen LogP contribution >= 0.6 is 24.8 Å². The molecule has 0 saturated carbocycles. The Balaban J connectivity index is 0.00000169. The third-order valence-corrected chi connectivity index (χ3v) is 5.30. The summed E-state index contributed by atoms with van der Waals surface area (Å²) in [6.45, 7) is 5.61. The molecule has 2 aliphatic rings. The van der Waals surface area contributed by atoms with Gasteiger partial charge in [-0.2, -0.15) is 0 Å². The Hall–Kier alpha value is -0.810. The molecule has 2 heterocycles. The van der Waals surface area contributed by atoms with Crippen LogP contribution in [0.4, 0.5) is 5.69 Å². The SMILES string of the molecule is Cl.Cl.O=C(CCC1CCNCC1)Nc1cccc(CN2CCCCC2)c1. The molecule has 4 nitrogen and oxygen atoms in total. The van der Waals surface area contributed by atoms with E-state index in [1.165, 1.54) is 50.8 Å². The summed E-state index contributed by atoms with van der Waals surface area (Å²) in [6.07, 6.45) is 8.06. The number of hydrogen-bond donors (Lipinski definition) is 2. The van der Waals surface area contributed by atoms with Crippen LogP contribution in [-0.2, 0) is 11.3 Å². The number of likely N-dealkylation sites (tertiary alicyclic amines) is 1. The topological polar surface area (TPSA) is 44.4 Å². The number of rotatable bonds is 6. The van der Waals surface area contributed by atoms with Crippen molar-refractivity contribution in [2.45, 2.75) is 51.5 Å². The van der Waals surface area contributed by atoms with Crippen LogP contribution in [0, 0.1) is 5.92 Å². The zero-order valence-corrected chi connectivity index (χ0v) is 17.2. The van der Waals surface area contributed by atoms with E-state index in [1.807, 2.05) is 6.07 Å². The standard InChI is InChI=1S/C20H31N3O.2ClH/c24-20(8-7-17-9-11-21-12-10-17)22-19-6-4-5-18(15-19)16-23-13-2-1-3-14-23;;/h4-6,15,17,21H,1-3,7-14,16H2,(H,22,24);2*1H. The smallest absolute Gasteiger partial charge is 0.224 e. The molecule has 0 radical (unpaired) electrons. The highest BCUT2D eigenvalue weighted by Gasteiger charge is 2.15. The number of nitrogens with one attached hydrogen (secondary N) is 2. The third kappa shape index (κ3) is 7.83. The lowest BCUT2D eigenvalue weighted by Crippen LogP contribution is -2.29. The van der Waals surface area contributed by atoms with Gasteiger partial charge in [-0.05, 0) is 81.9 Å². The van der Waals surface area contributed by atoms with Crippen LogP contribution in [-0.4, -0.2) is 37.0 Å². The predicted molar refractivity (Wildman–Crippen MR) is 114 cm³/mol. The fraction of sp³-hybridized carbons (Fsp3) is 0.650. The van der Waals surface area contributed by atoms with Crippen LogP contribution in [0.1, 0.15) is 50.5 Å². The molecule has 3 rings (SSSR count). The fourth-order valence-corrected chi connectivity index (χ4v) is 3.85. The predicted octanol–water partition coefficient (Wildman–Crippen LogP) is 4.23. The van der Waals surface area contributed by atoms with Gasteiger partial charge in [-0.25, -0.2) is 0 Å². The molecule has 2 aliphatic heterocycles. The van der Waals surface area contributed by atoms with Crippen LogP contribution in [0.3, 0.4) is 0 Å². The van der Waals surface area contributed by atoms with Gasteiger partial charge in [0.25, 0.3) is 0 Å². The molecular formula is C20H33Cl2N3O. The molecule has 1 aromatic carbocycles. The summed E-state index contributed by atoms with van der Waals surface area (Å²) >= 11 is 0.